The summed E-state index contributed by atoms with van der Waals surface area (Å²) in [5.41, 5.74) is 6.88. The molecule has 2 rings (SSSR count). The summed E-state index contributed by atoms with van der Waals surface area (Å²) in [7, 11) is 0. The van der Waals surface area contributed by atoms with E-state index in [1.54, 1.807) is 0 Å². The number of fused-ring (bicyclic) bond motifs is 1. The third kappa shape index (κ3) is 1.21. The Hall–Kier alpha value is -2.74. The van der Waals surface area contributed by atoms with Crippen molar-refractivity contribution < 1.29 is 0 Å². The average Bonchev–Trinajstić information content (AvgIpc) is 2.75. The Morgan fingerprint density at radius 1 is 1.62 bits per heavy atom. The zero-order valence-corrected chi connectivity index (χ0v) is 7.86. The van der Waals surface area contributed by atoms with Gasteiger partial charge in [-0.2, -0.15) is 4.68 Å². The number of rotatable bonds is 2. The highest BCUT2D eigenvalue weighted by molar-refractivity contribution is 5.68. The van der Waals surface area contributed by atoms with Gasteiger partial charge >= 0.3 is 11.2 Å². The first-order valence-electron chi connectivity index (χ1n) is 4.11. The molecule has 0 saturated carbocycles. The quantitative estimate of drug-likeness (QED) is 0.286. The molecule has 10 heteroatoms. The predicted molar refractivity (Wildman–Crippen MR) is 53.9 cm³/mol. The molecule has 0 radical (unpaired) electrons. The van der Waals surface area contributed by atoms with Gasteiger partial charge in [-0.25, -0.2) is 9.78 Å². The van der Waals surface area contributed by atoms with Crippen LogP contribution in [0.4, 0.5) is 0 Å². The van der Waals surface area contributed by atoms with Crippen LogP contribution in [0.15, 0.2) is 21.0 Å². The summed E-state index contributed by atoms with van der Waals surface area (Å²) in [6.45, 7) is -0.284. The number of aromatic amines is 1. The molecule has 2 aromatic heterocycles. The smallest absolute Gasteiger partial charge is 0.339 e. The highest BCUT2D eigenvalue weighted by Gasteiger charge is 2.12. The first kappa shape index (κ1) is 9.80. The Labute approximate surface area is 86.5 Å². The van der Waals surface area contributed by atoms with E-state index in [2.05, 4.69) is 20.0 Å². The Bertz CT molecular complexity index is 699. The minimum Gasteiger partial charge on any atom is -0.339 e. The van der Waals surface area contributed by atoms with E-state index in [0.717, 1.165) is 4.57 Å². The minimum atomic E-state index is -0.794. The van der Waals surface area contributed by atoms with Gasteiger partial charge in [-0.3, -0.25) is 9.36 Å². The molecular weight excluding hydrogens is 216 g/mol. The average molecular weight is 222 g/mol. The summed E-state index contributed by atoms with van der Waals surface area (Å²) in [6.07, 6.45) is 1.25. The summed E-state index contributed by atoms with van der Waals surface area (Å²) < 4.78 is 1.42. The fraction of sp³-hybridized carbons (Fsp3) is 0.167. The van der Waals surface area contributed by atoms with Gasteiger partial charge in [0, 0.05) is 4.91 Å². The summed E-state index contributed by atoms with van der Waals surface area (Å²) in [5.74, 6) is 5.27. The van der Waals surface area contributed by atoms with Crippen molar-refractivity contribution in [2.75, 3.05) is 5.84 Å². The summed E-state index contributed by atoms with van der Waals surface area (Å²) in [6, 6.07) is 0. The Balaban J connectivity index is 2.91. The molecule has 0 aromatic carbocycles. The van der Waals surface area contributed by atoms with Crippen LogP contribution in [-0.4, -0.2) is 19.2 Å². The molecule has 0 aliphatic heterocycles. The van der Waals surface area contributed by atoms with Crippen molar-refractivity contribution in [1.29, 1.82) is 0 Å². The molecule has 16 heavy (non-hydrogen) atoms. The van der Waals surface area contributed by atoms with Crippen LogP contribution in [0.1, 0.15) is 0 Å². The highest BCUT2D eigenvalue weighted by Crippen LogP contribution is 2.00. The third-order valence-corrected chi connectivity index (χ3v) is 2.01. The number of nitrogens with two attached hydrogens (primary N) is 1. The fourth-order valence-corrected chi connectivity index (χ4v) is 1.30. The van der Waals surface area contributed by atoms with Gasteiger partial charge in [0.1, 0.15) is 6.67 Å². The molecule has 0 amide bonds. The maximum atomic E-state index is 11.6. The van der Waals surface area contributed by atoms with Crippen LogP contribution in [-0.2, 0) is 6.67 Å². The second-order valence-corrected chi connectivity index (χ2v) is 2.86. The monoisotopic (exact) mass is 222 g/mol. The van der Waals surface area contributed by atoms with Crippen molar-refractivity contribution in [3.05, 3.63) is 37.6 Å². The SMILES string of the molecule is [N-]=[N+]=NCn1c(=O)n(N)c(=O)c2[nH]cnc21. The van der Waals surface area contributed by atoms with Gasteiger partial charge in [-0.1, -0.05) is 5.11 Å². The zero-order chi connectivity index (χ0) is 11.7. The first-order chi connectivity index (χ1) is 7.66. The standard InChI is InChI=1S/C6H6N8O2/c7-12-11-2-13-4-3(9-1-10-4)5(15)14(8)6(13)16/h1H,2,8H2,(H,9,10). The molecule has 0 unspecified atom stereocenters. The van der Waals surface area contributed by atoms with Crippen LogP contribution >= 0.6 is 0 Å². The largest absolute Gasteiger partial charge is 0.351 e. The van der Waals surface area contributed by atoms with Gasteiger partial charge in [-0.15, -0.1) is 0 Å². The molecule has 0 aliphatic rings. The van der Waals surface area contributed by atoms with E-state index in [0.29, 0.717) is 4.68 Å². The van der Waals surface area contributed by atoms with E-state index in [-0.39, 0.29) is 17.8 Å². The van der Waals surface area contributed by atoms with Crippen LogP contribution in [0, 0.1) is 0 Å². The molecular formula is C6H6N8O2. The van der Waals surface area contributed by atoms with Crippen molar-refractivity contribution in [2.24, 2.45) is 5.11 Å². The number of hydrogen-bond acceptors (Lipinski definition) is 5. The van der Waals surface area contributed by atoms with Crippen LogP contribution in [0.25, 0.3) is 21.6 Å². The molecule has 10 nitrogen and oxygen atoms in total. The molecule has 0 aliphatic carbocycles. The lowest BCUT2D eigenvalue weighted by Crippen LogP contribution is -2.44. The molecule has 0 fully saturated rings. The topological polar surface area (TPSA) is 147 Å². The molecule has 2 aromatic rings. The van der Waals surface area contributed by atoms with Gasteiger partial charge in [0.2, 0.25) is 0 Å². The van der Waals surface area contributed by atoms with Crippen molar-refractivity contribution >= 4 is 11.2 Å². The lowest BCUT2D eigenvalue weighted by Gasteiger charge is -2.04. The predicted octanol–water partition coefficient (Wildman–Crippen LogP) is -1.13. The molecule has 0 spiro atoms. The van der Waals surface area contributed by atoms with Crippen LogP contribution in [0.3, 0.4) is 0 Å². The Kier molecular flexibility index (Phi) is 2.11. The van der Waals surface area contributed by atoms with E-state index in [1.807, 2.05) is 0 Å². The number of hydrogen-bond donors (Lipinski definition) is 2. The van der Waals surface area contributed by atoms with E-state index < -0.39 is 11.2 Å². The maximum Gasteiger partial charge on any atom is 0.351 e. The second kappa shape index (κ2) is 3.44. The van der Waals surface area contributed by atoms with Crippen LogP contribution in [0.5, 0.6) is 0 Å². The molecule has 2 heterocycles. The third-order valence-electron chi connectivity index (χ3n) is 2.01. The van der Waals surface area contributed by atoms with Crippen molar-refractivity contribution in [1.82, 2.24) is 19.2 Å². The number of nitrogens with one attached hydrogen (secondary N) is 1. The van der Waals surface area contributed by atoms with Crippen molar-refractivity contribution in [3.63, 3.8) is 0 Å². The number of H-pyrrole nitrogens is 1. The number of imidazole rings is 1. The Morgan fingerprint density at radius 3 is 3.06 bits per heavy atom. The second-order valence-electron chi connectivity index (χ2n) is 2.86. The van der Waals surface area contributed by atoms with E-state index >= 15 is 0 Å². The molecule has 0 bridgehead atoms. The molecule has 82 valence electrons. The number of aromatic nitrogens is 4. The number of azide groups is 1. The fourth-order valence-electron chi connectivity index (χ4n) is 1.30. The summed E-state index contributed by atoms with van der Waals surface area (Å²) in [4.78, 5) is 31.9. The van der Waals surface area contributed by atoms with Crippen LogP contribution in [0.2, 0.25) is 0 Å². The lowest BCUT2D eigenvalue weighted by molar-refractivity contribution is 0.652. The summed E-state index contributed by atoms with van der Waals surface area (Å²) >= 11 is 0. The van der Waals surface area contributed by atoms with E-state index in [1.165, 1.54) is 6.33 Å². The normalized spacial score (nSPS) is 10.2. The summed E-state index contributed by atoms with van der Waals surface area (Å²) in [5, 5.41) is 3.22. The zero-order valence-electron chi connectivity index (χ0n) is 7.86. The lowest BCUT2D eigenvalue weighted by atomic mass is 10.5. The van der Waals surface area contributed by atoms with Gasteiger partial charge in [0.15, 0.2) is 11.2 Å². The van der Waals surface area contributed by atoms with E-state index in [9.17, 15) is 9.59 Å². The van der Waals surface area contributed by atoms with Gasteiger partial charge < -0.3 is 10.8 Å². The number of nitrogens with zero attached hydrogens (tertiary/aromatic N) is 6. The molecule has 0 atom stereocenters. The van der Waals surface area contributed by atoms with Crippen molar-refractivity contribution in [3.8, 4) is 0 Å². The van der Waals surface area contributed by atoms with Gasteiger partial charge in [0.05, 0.1) is 6.33 Å². The van der Waals surface area contributed by atoms with Crippen molar-refractivity contribution in [2.45, 2.75) is 6.67 Å². The van der Waals surface area contributed by atoms with Gasteiger partial charge in [0.25, 0.3) is 0 Å². The molecule has 0 saturated heterocycles. The highest BCUT2D eigenvalue weighted by atomic mass is 16.2. The van der Waals surface area contributed by atoms with E-state index in [4.69, 9.17) is 11.4 Å². The number of nitrogen functional groups attached to an aromatic ring is 1. The van der Waals surface area contributed by atoms with Gasteiger partial charge in [-0.05, 0) is 5.53 Å². The first-order valence-corrected chi connectivity index (χ1v) is 4.11. The van der Waals surface area contributed by atoms with Crippen LogP contribution < -0.4 is 17.1 Å². The maximum absolute atomic E-state index is 11.6. The molecule has 3 N–H and O–H groups in total. The minimum absolute atomic E-state index is 0.0789. The Morgan fingerprint density at radius 2 is 2.38 bits per heavy atom.